The second-order valence-corrected chi connectivity index (χ2v) is 5.89. The quantitative estimate of drug-likeness (QED) is 0.547. The Balaban J connectivity index is 1.60. The van der Waals surface area contributed by atoms with Gasteiger partial charge >= 0.3 is 0 Å². The Hall–Kier alpha value is -3.73. The Labute approximate surface area is 148 Å². The number of nitrogen functional groups attached to an aromatic ring is 1. The van der Waals surface area contributed by atoms with E-state index < -0.39 is 0 Å². The van der Waals surface area contributed by atoms with Crippen LogP contribution in [0.3, 0.4) is 0 Å². The molecule has 1 aromatic carbocycles. The van der Waals surface area contributed by atoms with Gasteiger partial charge in [0.05, 0.1) is 6.20 Å². The molecule has 0 aliphatic heterocycles. The molecular weight excluding hydrogens is 332 g/mol. The monoisotopic (exact) mass is 346 g/mol. The maximum absolute atomic E-state index is 8.93. The summed E-state index contributed by atoms with van der Waals surface area (Å²) < 4.78 is 11.2. The number of nitriles is 1. The van der Waals surface area contributed by atoms with Crippen LogP contribution < -0.4 is 10.5 Å². The van der Waals surface area contributed by atoms with Crippen LogP contribution in [0.15, 0.2) is 41.3 Å². The fourth-order valence-electron chi connectivity index (χ4n) is 2.97. The first-order valence-corrected chi connectivity index (χ1v) is 7.96. The average Bonchev–Trinajstić information content (AvgIpc) is 3.32. The fraction of sp³-hybridized carbons (Fsp3) is 0.167. The minimum atomic E-state index is -0.249. The lowest BCUT2D eigenvalue weighted by molar-refractivity contribution is 0.202. The molecular formula is C18H14N6O2. The standard InChI is InChI=1S/C18H14N6O2/c19-7-11-5-10-1-4-15(18(10)24-23-11)26-12-2-3-14(20)13(6-12)17(21)16-8-22-9-25-16/h2-3,5-6,8-9,15,21H,1,4,20H2. The Bertz CT molecular complexity index is 1020. The molecule has 26 heavy (non-hydrogen) atoms. The predicted molar refractivity (Wildman–Crippen MR) is 91.7 cm³/mol. The molecule has 1 aliphatic rings. The zero-order valence-electron chi connectivity index (χ0n) is 13.6. The van der Waals surface area contributed by atoms with Gasteiger partial charge in [-0.05, 0) is 42.7 Å². The number of anilines is 1. The van der Waals surface area contributed by atoms with E-state index in [1.807, 2.05) is 6.07 Å². The van der Waals surface area contributed by atoms with Crippen molar-refractivity contribution in [3.05, 3.63) is 65.1 Å². The van der Waals surface area contributed by atoms with Crippen molar-refractivity contribution in [1.29, 1.82) is 10.7 Å². The summed E-state index contributed by atoms with van der Waals surface area (Å²) in [6.45, 7) is 0. The number of aryl methyl sites for hydroxylation is 1. The van der Waals surface area contributed by atoms with Crippen LogP contribution in [0.25, 0.3) is 0 Å². The van der Waals surface area contributed by atoms with E-state index in [4.69, 9.17) is 25.6 Å². The number of hydrogen-bond donors (Lipinski definition) is 2. The lowest BCUT2D eigenvalue weighted by atomic mass is 10.1. The molecule has 3 N–H and O–H groups in total. The summed E-state index contributed by atoms with van der Waals surface area (Å²) in [5, 5.41) is 25.2. The summed E-state index contributed by atoms with van der Waals surface area (Å²) in [5.74, 6) is 0.900. The van der Waals surface area contributed by atoms with Crippen molar-refractivity contribution in [2.24, 2.45) is 0 Å². The van der Waals surface area contributed by atoms with Crippen molar-refractivity contribution in [2.45, 2.75) is 18.9 Å². The van der Waals surface area contributed by atoms with Gasteiger partial charge in [0.25, 0.3) is 0 Å². The molecule has 0 bridgehead atoms. The number of fused-ring (bicyclic) bond motifs is 1. The van der Waals surface area contributed by atoms with Crippen molar-refractivity contribution in [2.75, 3.05) is 5.73 Å². The highest BCUT2D eigenvalue weighted by atomic mass is 16.5. The fourth-order valence-corrected chi connectivity index (χ4v) is 2.97. The number of nitrogens with two attached hydrogens (primary N) is 1. The number of ether oxygens (including phenoxy) is 1. The van der Waals surface area contributed by atoms with E-state index in [1.54, 1.807) is 24.3 Å². The van der Waals surface area contributed by atoms with E-state index in [0.717, 1.165) is 24.1 Å². The number of oxazole rings is 1. The zero-order chi connectivity index (χ0) is 18.1. The number of aromatic nitrogens is 3. The molecule has 4 rings (SSSR count). The van der Waals surface area contributed by atoms with Crippen LogP contribution in [0.2, 0.25) is 0 Å². The Morgan fingerprint density at radius 3 is 3.00 bits per heavy atom. The molecule has 0 saturated heterocycles. The van der Waals surface area contributed by atoms with E-state index >= 15 is 0 Å². The van der Waals surface area contributed by atoms with Gasteiger partial charge in [-0.25, -0.2) is 4.98 Å². The number of rotatable bonds is 4. The Kier molecular flexibility index (Phi) is 3.82. The molecule has 128 valence electrons. The first-order chi connectivity index (χ1) is 12.7. The SMILES string of the molecule is N#Cc1cc2c(nn1)C(Oc1ccc(N)c(C(=N)c3cnco3)c1)CC2. The van der Waals surface area contributed by atoms with E-state index in [1.165, 1.54) is 12.6 Å². The summed E-state index contributed by atoms with van der Waals surface area (Å²) in [5.41, 5.74) is 9.11. The van der Waals surface area contributed by atoms with Crippen LogP contribution in [-0.4, -0.2) is 20.9 Å². The lowest BCUT2D eigenvalue weighted by Crippen LogP contribution is -2.09. The number of nitrogens with zero attached hydrogens (tertiary/aromatic N) is 4. The zero-order valence-corrected chi connectivity index (χ0v) is 13.6. The maximum atomic E-state index is 8.93. The molecule has 8 nitrogen and oxygen atoms in total. The van der Waals surface area contributed by atoms with Gasteiger partial charge in [0, 0.05) is 11.3 Å². The first kappa shape index (κ1) is 15.8. The minimum absolute atomic E-state index is 0.135. The van der Waals surface area contributed by atoms with Crippen LogP contribution in [0.4, 0.5) is 5.69 Å². The minimum Gasteiger partial charge on any atom is -0.484 e. The van der Waals surface area contributed by atoms with Gasteiger partial charge in [0.15, 0.2) is 17.8 Å². The molecule has 3 aromatic rings. The summed E-state index contributed by atoms with van der Waals surface area (Å²) in [6.07, 6.45) is 4.01. The summed E-state index contributed by atoms with van der Waals surface area (Å²) >= 11 is 0. The van der Waals surface area contributed by atoms with Gasteiger partial charge in [-0.15, -0.1) is 5.10 Å². The first-order valence-electron chi connectivity index (χ1n) is 7.96. The highest BCUT2D eigenvalue weighted by Crippen LogP contribution is 2.34. The van der Waals surface area contributed by atoms with Crippen molar-refractivity contribution in [3.8, 4) is 11.8 Å². The second kappa shape index (κ2) is 6.29. The summed E-state index contributed by atoms with van der Waals surface area (Å²) in [4.78, 5) is 3.83. The third-order valence-electron chi connectivity index (χ3n) is 4.25. The Morgan fingerprint density at radius 2 is 2.23 bits per heavy atom. The van der Waals surface area contributed by atoms with Crippen molar-refractivity contribution >= 4 is 11.4 Å². The van der Waals surface area contributed by atoms with Crippen LogP contribution in [0.5, 0.6) is 5.75 Å². The number of benzene rings is 1. The molecule has 0 amide bonds. The summed E-state index contributed by atoms with van der Waals surface area (Å²) in [7, 11) is 0. The molecule has 2 heterocycles. The topological polar surface area (TPSA) is 135 Å². The highest BCUT2D eigenvalue weighted by molar-refractivity contribution is 6.12. The van der Waals surface area contributed by atoms with Gasteiger partial charge in [-0.3, -0.25) is 5.41 Å². The van der Waals surface area contributed by atoms with Crippen LogP contribution in [0, 0.1) is 16.7 Å². The molecule has 1 unspecified atom stereocenters. The summed E-state index contributed by atoms with van der Waals surface area (Å²) in [6, 6.07) is 8.89. The molecule has 0 spiro atoms. The van der Waals surface area contributed by atoms with Gasteiger partial charge < -0.3 is 14.9 Å². The van der Waals surface area contributed by atoms with E-state index in [-0.39, 0.29) is 11.8 Å². The van der Waals surface area contributed by atoms with Gasteiger partial charge in [0.1, 0.15) is 29.3 Å². The van der Waals surface area contributed by atoms with Gasteiger partial charge in [0.2, 0.25) is 0 Å². The second-order valence-electron chi connectivity index (χ2n) is 5.89. The molecule has 0 radical (unpaired) electrons. The number of hydrogen-bond acceptors (Lipinski definition) is 8. The maximum Gasteiger partial charge on any atom is 0.181 e. The van der Waals surface area contributed by atoms with Crippen LogP contribution in [0.1, 0.15) is 40.8 Å². The molecule has 1 atom stereocenters. The van der Waals surface area contributed by atoms with Crippen molar-refractivity contribution < 1.29 is 9.15 Å². The van der Waals surface area contributed by atoms with Gasteiger partial charge in [-0.1, -0.05) is 0 Å². The predicted octanol–water partition coefficient (Wildman–Crippen LogP) is 2.40. The molecule has 1 aliphatic carbocycles. The smallest absolute Gasteiger partial charge is 0.181 e. The number of nitrogens with one attached hydrogen (secondary N) is 1. The van der Waals surface area contributed by atoms with E-state index in [9.17, 15) is 0 Å². The Morgan fingerprint density at radius 1 is 1.35 bits per heavy atom. The van der Waals surface area contributed by atoms with Gasteiger partial charge in [-0.2, -0.15) is 10.4 Å². The van der Waals surface area contributed by atoms with Crippen LogP contribution in [-0.2, 0) is 6.42 Å². The van der Waals surface area contributed by atoms with E-state index in [0.29, 0.717) is 28.5 Å². The third kappa shape index (κ3) is 2.75. The molecule has 0 saturated carbocycles. The largest absolute Gasteiger partial charge is 0.484 e. The molecule has 0 fully saturated rings. The van der Waals surface area contributed by atoms with E-state index in [2.05, 4.69) is 15.2 Å². The third-order valence-corrected chi connectivity index (χ3v) is 4.25. The lowest BCUT2D eigenvalue weighted by Gasteiger charge is -2.15. The average molecular weight is 346 g/mol. The molecule has 2 aromatic heterocycles. The molecule has 8 heteroatoms. The van der Waals surface area contributed by atoms with Crippen molar-refractivity contribution in [3.63, 3.8) is 0 Å². The highest BCUT2D eigenvalue weighted by Gasteiger charge is 2.27. The van der Waals surface area contributed by atoms with Crippen molar-refractivity contribution in [1.82, 2.24) is 15.2 Å². The van der Waals surface area contributed by atoms with Crippen LogP contribution >= 0.6 is 0 Å². The normalized spacial score (nSPS) is 15.3.